The molecule has 1 N–H and O–H groups in total. The molecule has 0 aromatic heterocycles. The Kier molecular flexibility index (Phi) is 6.90. The molecule has 0 radical (unpaired) electrons. The largest absolute Gasteiger partial charge is 0.310 e. The Labute approximate surface area is 112 Å². The predicted octanol–water partition coefficient (Wildman–Crippen LogP) is 2.98. The van der Waals surface area contributed by atoms with Crippen molar-refractivity contribution in [1.29, 1.82) is 0 Å². The van der Waals surface area contributed by atoms with Gasteiger partial charge in [-0.2, -0.15) is 11.8 Å². The van der Waals surface area contributed by atoms with E-state index >= 15 is 0 Å². The van der Waals surface area contributed by atoms with Gasteiger partial charge in [-0.3, -0.25) is 4.90 Å². The van der Waals surface area contributed by atoms with Crippen molar-refractivity contribution >= 4 is 11.8 Å². The third-order valence-electron chi connectivity index (χ3n) is 4.34. The molecule has 1 aliphatic rings. The molecule has 1 fully saturated rings. The number of thioether (sulfide) groups is 1. The van der Waals surface area contributed by atoms with Crippen LogP contribution in [0.25, 0.3) is 0 Å². The van der Waals surface area contributed by atoms with Crippen LogP contribution in [0.1, 0.15) is 46.5 Å². The zero-order valence-corrected chi connectivity index (χ0v) is 12.9. The van der Waals surface area contributed by atoms with Gasteiger partial charge in [-0.15, -0.1) is 0 Å². The first-order valence-electron chi connectivity index (χ1n) is 7.15. The topological polar surface area (TPSA) is 15.3 Å². The Morgan fingerprint density at radius 1 is 1.35 bits per heavy atom. The standard InChI is InChI=1S/C14H30N2S/c1-5-14(6-2)12-16(10-7-11-17-4)13(3)8-9-15-14/h13,15H,5-12H2,1-4H3. The molecule has 2 nitrogen and oxygen atoms in total. The first-order chi connectivity index (χ1) is 8.17. The quantitative estimate of drug-likeness (QED) is 0.737. The van der Waals surface area contributed by atoms with Crippen LogP contribution in [0.15, 0.2) is 0 Å². The molecular formula is C14H30N2S. The second kappa shape index (κ2) is 7.65. The highest BCUT2D eigenvalue weighted by molar-refractivity contribution is 7.98. The highest BCUT2D eigenvalue weighted by Gasteiger charge is 2.32. The Morgan fingerprint density at radius 2 is 2.06 bits per heavy atom. The van der Waals surface area contributed by atoms with Crippen LogP contribution in [0.3, 0.4) is 0 Å². The van der Waals surface area contributed by atoms with Crippen LogP contribution in [0.5, 0.6) is 0 Å². The summed E-state index contributed by atoms with van der Waals surface area (Å²) >= 11 is 1.97. The summed E-state index contributed by atoms with van der Waals surface area (Å²) in [4.78, 5) is 2.71. The maximum atomic E-state index is 3.80. The predicted molar refractivity (Wildman–Crippen MR) is 80.0 cm³/mol. The first kappa shape index (κ1) is 15.3. The highest BCUT2D eigenvalue weighted by Crippen LogP contribution is 2.22. The van der Waals surface area contributed by atoms with E-state index in [1.807, 2.05) is 11.8 Å². The van der Waals surface area contributed by atoms with Gasteiger partial charge in [-0.05, 0) is 57.7 Å². The van der Waals surface area contributed by atoms with E-state index in [1.165, 1.54) is 51.1 Å². The number of rotatable bonds is 6. The minimum atomic E-state index is 0.365. The SMILES string of the molecule is CCC1(CC)CN(CCCSC)C(C)CCN1. The minimum absolute atomic E-state index is 0.365. The van der Waals surface area contributed by atoms with E-state index in [4.69, 9.17) is 0 Å². The highest BCUT2D eigenvalue weighted by atomic mass is 32.2. The summed E-state index contributed by atoms with van der Waals surface area (Å²) in [6, 6.07) is 0.740. The molecule has 1 aliphatic heterocycles. The molecule has 1 heterocycles. The fourth-order valence-electron chi connectivity index (χ4n) is 2.76. The molecule has 0 saturated carbocycles. The van der Waals surface area contributed by atoms with Gasteiger partial charge >= 0.3 is 0 Å². The third-order valence-corrected chi connectivity index (χ3v) is 5.04. The van der Waals surface area contributed by atoms with Crippen molar-refractivity contribution in [3.05, 3.63) is 0 Å². The van der Waals surface area contributed by atoms with Crippen molar-refractivity contribution in [3.63, 3.8) is 0 Å². The monoisotopic (exact) mass is 258 g/mol. The number of hydrogen-bond donors (Lipinski definition) is 1. The van der Waals surface area contributed by atoms with E-state index in [0.29, 0.717) is 5.54 Å². The molecule has 1 unspecified atom stereocenters. The fourth-order valence-corrected chi connectivity index (χ4v) is 3.18. The van der Waals surface area contributed by atoms with Crippen LogP contribution in [0.2, 0.25) is 0 Å². The molecule has 0 aliphatic carbocycles. The second-order valence-electron chi connectivity index (χ2n) is 5.37. The van der Waals surface area contributed by atoms with E-state index in [1.54, 1.807) is 0 Å². The van der Waals surface area contributed by atoms with Crippen LogP contribution in [0.4, 0.5) is 0 Å². The molecule has 102 valence electrons. The second-order valence-corrected chi connectivity index (χ2v) is 6.35. The summed E-state index contributed by atoms with van der Waals surface area (Å²) in [5, 5.41) is 3.80. The first-order valence-corrected chi connectivity index (χ1v) is 8.55. The Balaban J connectivity index is 2.58. The average molecular weight is 258 g/mol. The minimum Gasteiger partial charge on any atom is -0.310 e. The van der Waals surface area contributed by atoms with Crippen molar-refractivity contribution in [2.45, 2.75) is 58.0 Å². The average Bonchev–Trinajstić information content (AvgIpc) is 2.50. The number of nitrogens with zero attached hydrogens (tertiary/aromatic N) is 1. The molecule has 0 aromatic rings. The van der Waals surface area contributed by atoms with Crippen molar-refractivity contribution in [2.24, 2.45) is 0 Å². The molecule has 1 saturated heterocycles. The summed E-state index contributed by atoms with van der Waals surface area (Å²) in [5.74, 6) is 1.29. The van der Waals surface area contributed by atoms with Crippen molar-refractivity contribution in [1.82, 2.24) is 10.2 Å². The van der Waals surface area contributed by atoms with Gasteiger partial charge < -0.3 is 5.32 Å². The smallest absolute Gasteiger partial charge is 0.0303 e. The summed E-state index contributed by atoms with van der Waals surface area (Å²) < 4.78 is 0. The molecule has 17 heavy (non-hydrogen) atoms. The Morgan fingerprint density at radius 3 is 2.65 bits per heavy atom. The van der Waals surface area contributed by atoms with E-state index in [9.17, 15) is 0 Å². The zero-order chi connectivity index (χ0) is 12.7. The van der Waals surface area contributed by atoms with Gasteiger partial charge in [-0.1, -0.05) is 13.8 Å². The van der Waals surface area contributed by atoms with Crippen molar-refractivity contribution < 1.29 is 0 Å². The molecule has 0 aromatic carbocycles. The van der Waals surface area contributed by atoms with Crippen LogP contribution in [-0.2, 0) is 0 Å². The fraction of sp³-hybridized carbons (Fsp3) is 1.00. The van der Waals surface area contributed by atoms with Crippen molar-refractivity contribution in [2.75, 3.05) is 31.6 Å². The Bertz CT molecular complexity index is 204. The van der Waals surface area contributed by atoms with E-state index in [-0.39, 0.29) is 0 Å². The van der Waals surface area contributed by atoms with Crippen LogP contribution >= 0.6 is 11.8 Å². The summed E-state index contributed by atoms with van der Waals surface area (Å²) in [6.07, 6.45) is 7.32. The lowest BCUT2D eigenvalue weighted by molar-refractivity contribution is 0.160. The maximum Gasteiger partial charge on any atom is 0.0303 e. The van der Waals surface area contributed by atoms with Crippen LogP contribution < -0.4 is 5.32 Å². The van der Waals surface area contributed by atoms with Gasteiger partial charge in [0.2, 0.25) is 0 Å². The van der Waals surface area contributed by atoms with E-state index in [0.717, 1.165) is 6.04 Å². The van der Waals surface area contributed by atoms with Crippen molar-refractivity contribution in [3.8, 4) is 0 Å². The molecule has 3 heteroatoms. The van der Waals surface area contributed by atoms with Gasteiger partial charge in [0.1, 0.15) is 0 Å². The molecule has 0 amide bonds. The maximum absolute atomic E-state index is 3.80. The Hall–Kier alpha value is 0.270. The summed E-state index contributed by atoms with van der Waals surface area (Å²) in [7, 11) is 0. The van der Waals surface area contributed by atoms with Gasteiger partial charge in [0.15, 0.2) is 0 Å². The zero-order valence-electron chi connectivity index (χ0n) is 12.1. The lowest BCUT2D eigenvalue weighted by Gasteiger charge is -2.37. The molecule has 1 atom stereocenters. The lowest BCUT2D eigenvalue weighted by Crippen LogP contribution is -2.51. The summed E-state index contributed by atoms with van der Waals surface area (Å²) in [6.45, 7) is 10.7. The van der Waals surface area contributed by atoms with Crippen LogP contribution in [-0.4, -0.2) is 48.1 Å². The molecule has 0 spiro atoms. The number of hydrogen-bond acceptors (Lipinski definition) is 3. The molecule has 0 bridgehead atoms. The third kappa shape index (κ3) is 4.46. The van der Waals surface area contributed by atoms with Gasteiger partial charge in [-0.25, -0.2) is 0 Å². The van der Waals surface area contributed by atoms with Crippen LogP contribution in [0, 0.1) is 0 Å². The van der Waals surface area contributed by atoms with Gasteiger partial charge in [0.25, 0.3) is 0 Å². The number of nitrogens with one attached hydrogen (secondary N) is 1. The van der Waals surface area contributed by atoms with E-state index < -0.39 is 0 Å². The lowest BCUT2D eigenvalue weighted by atomic mass is 9.92. The molecule has 1 rings (SSSR count). The van der Waals surface area contributed by atoms with E-state index in [2.05, 4.69) is 37.2 Å². The normalized spacial score (nSPS) is 25.8. The summed E-state index contributed by atoms with van der Waals surface area (Å²) in [5.41, 5.74) is 0.365. The van der Waals surface area contributed by atoms with Gasteiger partial charge in [0.05, 0.1) is 0 Å². The molecular weight excluding hydrogens is 228 g/mol. The van der Waals surface area contributed by atoms with Gasteiger partial charge in [0, 0.05) is 18.1 Å².